The maximum atomic E-state index is 11.4. The molecule has 2 amide bonds. The highest BCUT2D eigenvalue weighted by molar-refractivity contribution is 6.39. The minimum Gasteiger partial charge on any atom is -0.360 e. The minimum absolute atomic E-state index is 0.246. The van der Waals surface area contributed by atoms with Gasteiger partial charge in [-0.2, -0.15) is 0 Å². The minimum atomic E-state index is -0.727. The lowest BCUT2D eigenvalue weighted by Gasteiger charge is -2.03. The molecule has 0 radical (unpaired) electrons. The van der Waals surface area contributed by atoms with E-state index in [1.165, 1.54) is 0 Å². The Bertz CT molecular complexity index is 387. The summed E-state index contributed by atoms with van der Waals surface area (Å²) < 4.78 is 4.76. The van der Waals surface area contributed by atoms with E-state index in [2.05, 4.69) is 22.7 Å². The number of hydrogen-bond donors (Lipinski definition) is 2. The van der Waals surface area contributed by atoms with Crippen LogP contribution in [0.25, 0.3) is 0 Å². The van der Waals surface area contributed by atoms with Crippen LogP contribution in [0.1, 0.15) is 31.9 Å². The van der Waals surface area contributed by atoms with Crippen molar-refractivity contribution < 1.29 is 14.1 Å². The normalized spacial score (nSPS) is 10.0. The molecule has 1 aromatic heterocycles. The van der Waals surface area contributed by atoms with Gasteiger partial charge in [0.05, 0.1) is 0 Å². The highest BCUT2D eigenvalue weighted by Crippen LogP contribution is 2.06. The van der Waals surface area contributed by atoms with Crippen molar-refractivity contribution in [2.75, 3.05) is 11.9 Å². The Kier molecular flexibility index (Phi) is 5.19. The molecule has 1 heterocycles. The molecule has 6 nitrogen and oxygen atoms in total. The Hall–Kier alpha value is -1.85. The Labute approximate surface area is 99.7 Å². The first-order valence-corrected chi connectivity index (χ1v) is 5.66. The van der Waals surface area contributed by atoms with Gasteiger partial charge < -0.3 is 9.84 Å². The van der Waals surface area contributed by atoms with E-state index < -0.39 is 11.8 Å². The zero-order chi connectivity index (χ0) is 12.7. The number of aromatic nitrogens is 1. The van der Waals surface area contributed by atoms with Gasteiger partial charge in [-0.3, -0.25) is 14.9 Å². The summed E-state index contributed by atoms with van der Waals surface area (Å²) >= 11 is 0. The Balaban J connectivity index is 2.29. The number of unbranched alkanes of at least 4 members (excludes halogenated alkanes) is 2. The van der Waals surface area contributed by atoms with Crippen molar-refractivity contribution >= 4 is 17.6 Å². The zero-order valence-electron chi connectivity index (χ0n) is 10.1. The number of nitrogens with one attached hydrogen (secondary N) is 2. The van der Waals surface area contributed by atoms with E-state index in [-0.39, 0.29) is 5.82 Å². The van der Waals surface area contributed by atoms with Gasteiger partial charge >= 0.3 is 11.8 Å². The molecule has 94 valence electrons. The molecule has 0 atom stereocenters. The van der Waals surface area contributed by atoms with Crippen molar-refractivity contribution in [1.29, 1.82) is 0 Å². The molecular weight excluding hydrogens is 222 g/mol. The fourth-order valence-corrected chi connectivity index (χ4v) is 1.26. The molecule has 0 aliphatic carbocycles. The van der Waals surface area contributed by atoms with E-state index in [4.69, 9.17) is 4.52 Å². The fourth-order valence-electron chi connectivity index (χ4n) is 1.26. The van der Waals surface area contributed by atoms with Crippen LogP contribution in [0.15, 0.2) is 10.6 Å². The summed E-state index contributed by atoms with van der Waals surface area (Å²) in [7, 11) is 0. The third-order valence-electron chi connectivity index (χ3n) is 2.14. The molecule has 0 saturated heterocycles. The van der Waals surface area contributed by atoms with Crippen LogP contribution >= 0.6 is 0 Å². The molecule has 1 rings (SSSR count). The number of hydrogen-bond acceptors (Lipinski definition) is 4. The van der Waals surface area contributed by atoms with E-state index in [1.54, 1.807) is 13.0 Å². The Morgan fingerprint density at radius 3 is 2.71 bits per heavy atom. The summed E-state index contributed by atoms with van der Waals surface area (Å²) in [4.78, 5) is 22.7. The van der Waals surface area contributed by atoms with Crippen molar-refractivity contribution in [3.8, 4) is 0 Å². The maximum Gasteiger partial charge on any atom is 0.314 e. The van der Waals surface area contributed by atoms with Crippen LogP contribution in [-0.2, 0) is 9.59 Å². The lowest BCUT2D eigenvalue weighted by molar-refractivity contribution is -0.136. The molecule has 0 fully saturated rings. The average molecular weight is 239 g/mol. The number of rotatable bonds is 5. The van der Waals surface area contributed by atoms with Crippen molar-refractivity contribution in [3.63, 3.8) is 0 Å². The van der Waals surface area contributed by atoms with Gasteiger partial charge in [-0.1, -0.05) is 24.9 Å². The molecule has 6 heteroatoms. The molecule has 0 aliphatic heterocycles. The molecule has 17 heavy (non-hydrogen) atoms. The molecule has 0 saturated carbocycles. The van der Waals surface area contributed by atoms with Gasteiger partial charge in [-0.25, -0.2) is 0 Å². The van der Waals surface area contributed by atoms with Gasteiger partial charge in [0.25, 0.3) is 0 Å². The van der Waals surface area contributed by atoms with E-state index in [0.717, 1.165) is 19.3 Å². The number of nitrogens with zero attached hydrogens (tertiary/aromatic N) is 1. The molecule has 1 aromatic rings. The van der Waals surface area contributed by atoms with Gasteiger partial charge in [0, 0.05) is 12.6 Å². The number of aryl methyl sites for hydroxylation is 1. The van der Waals surface area contributed by atoms with Gasteiger partial charge in [0.2, 0.25) is 0 Å². The highest BCUT2D eigenvalue weighted by Gasteiger charge is 2.14. The van der Waals surface area contributed by atoms with Gasteiger partial charge in [-0.05, 0) is 13.3 Å². The quantitative estimate of drug-likeness (QED) is 0.598. The molecule has 0 spiro atoms. The lowest BCUT2D eigenvalue weighted by atomic mass is 10.2. The molecule has 0 unspecified atom stereocenters. The average Bonchev–Trinajstić information content (AvgIpc) is 2.70. The molecule has 2 N–H and O–H groups in total. The molecule has 0 bridgehead atoms. The smallest absolute Gasteiger partial charge is 0.314 e. The maximum absolute atomic E-state index is 11.4. The van der Waals surface area contributed by atoms with Crippen LogP contribution in [0.2, 0.25) is 0 Å². The number of anilines is 1. The van der Waals surface area contributed by atoms with Crippen molar-refractivity contribution in [1.82, 2.24) is 10.5 Å². The Morgan fingerprint density at radius 1 is 1.35 bits per heavy atom. The summed E-state index contributed by atoms with van der Waals surface area (Å²) in [5, 5.41) is 8.44. The van der Waals surface area contributed by atoms with E-state index in [9.17, 15) is 9.59 Å². The highest BCUT2D eigenvalue weighted by atomic mass is 16.5. The third-order valence-corrected chi connectivity index (χ3v) is 2.14. The second-order valence-electron chi connectivity index (χ2n) is 3.74. The summed E-state index contributed by atoms with van der Waals surface area (Å²) in [5.74, 6) is -0.559. The standard InChI is InChI=1S/C11H17N3O3/c1-3-4-5-6-12-10(15)11(16)13-9-7-8(2)17-14-9/h7H,3-6H2,1-2H3,(H,12,15)(H,13,14,16). The van der Waals surface area contributed by atoms with Crippen LogP contribution < -0.4 is 10.6 Å². The van der Waals surface area contributed by atoms with Crippen LogP contribution in [0.4, 0.5) is 5.82 Å². The van der Waals surface area contributed by atoms with Crippen LogP contribution in [0, 0.1) is 6.92 Å². The Morgan fingerprint density at radius 2 is 2.12 bits per heavy atom. The second-order valence-corrected chi connectivity index (χ2v) is 3.74. The van der Waals surface area contributed by atoms with Gasteiger partial charge in [-0.15, -0.1) is 0 Å². The second kappa shape index (κ2) is 6.67. The predicted octanol–water partition coefficient (Wildman–Crippen LogP) is 1.23. The van der Waals surface area contributed by atoms with Crippen LogP contribution in [-0.4, -0.2) is 23.5 Å². The van der Waals surface area contributed by atoms with Gasteiger partial charge in [0.1, 0.15) is 5.76 Å². The summed E-state index contributed by atoms with van der Waals surface area (Å²) in [6.07, 6.45) is 2.98. The monoisotopic (exact) mass is 239 g/mol. The molecule has 0 aliphatic rings. The molecular formula is C11H17N3O3. The first-order valence-electron chi connectivity index (χ1n) is 5.66. The van der Waals surface area contributed by atoms with Gasteiger partial charge in [0.15, 0.2) is 5.82 Å². The van der Waals surface area contributed by atoms with Crippen molar-refractivity contribution in [3.05, 3.63) is 11.8 Å². The first-order chi connectivity index (χ1) is 8.13. The zero-order valence-corrected chi connectivity index (χ0v) is 10.1. The SMILES string of the molecule is CCCCCNC(=O)C(=O)Nc1cc(C)on1. The molecule has 0 aromatic carbocycles. The summed E-state index contributed by atoms with van der Waals surface area (Å²) in [6.45, 7) is 4.28. The summed E-state index contributed by atoms with van der Waals surface area (Å²) in [6, 6.07) is 1.54. The van der Waals surface area contributed by atoms with Crippen molar-refractivity contribution in [2.24, 2.45) is 0 Å². The van der Waals surface area contributed by atoms with Crippen molar-refractivity contribution in [2.45, 2.75) is 33.1 Å². The van der Waals surface area contributed by atoms with E-state index in [1.807, 2.05) is 0 Å². The van der Waals surface area contributed by atoms with Crippen LogP contribution in [0.3, 0.4) is 0 Å². The first kappa shape index (κ1) is 13.2. The van der Waals surface area contributed by atoms with E-state index in [0.29, 0.717) is 12.3 Å². The van der Waals surface area contributed by atoms with Crippen LogP contribution in [0.5, 0.6) is 0 Å². The largest absolute Gasteiger partial charge is 0.360 e. The number of carbonyl (C=O) groups is 2. The third kappa shape index (κ3) is 4.67. The predicted molar refractivity (Wildman–Crippen MR) is 62.4 cm³/mol. The fraction of sp³-hybridized carbons (Fsp3) is 0.545. The topological polar surface area (TPSA) is 84.2 Å². The summed E-state index contributed by atoms with van der Waals surface area (Å²) in [5.41, 5.74) is 0. The number of carbonyl (C=O) groups excluding carboxylic acids is 2. The van der Waals surface area contributed by atoms with E-state index >= 15 is 0 Å². The number of amides is 2. The lowest BCUT2D eigenvalue weighted by Crippen LogP contribution is -2.35.